The van der Waals surface area contributed by atoms with Crippen LogP contribution in [0.25, 0.3) is 0 Å². The van der Waals surface area contributed by atoms with E-state index in [1.54, 1.807) is 24.3 Å². The second-order valence-electron chi connectivity index (χ2n) is 7.95. The van der Waals surface area contributed by atoms with Crippen molar-refractivity contribution in [1.82, 2.24) is 4.90 Å². The molecule has 0 saturated carbocycles. The van der Waals surface area contributed by atoms with E-state index in [1.807, 2.05) is 25.1 Å². The molecular formula is C22H26ClNO3S. The Morgan fingerprint density at radius 2 is 1.79 bits per heavy atom. The highest BCUT2D eigenvalue weighted by Gasteiger charge is 2.36. The van der Waals surface area contributed by atoms with Crippen LogP contribution in [0.15, 0.2) is 53.4 Å². The van der Waals surface area contributed by atoms with Crippen molar-refractivity contribution in [1.29, 1.82) is 0 Å². The molecule has 3 atom stereocenters. The minimum absolute atomic E-state index is 0.239. The lowest BCUT2D eigenvalue weighted by Crippen LogP contribution is -2.49. The van der Waals surface area contributed by atoms with Gasteiger partial charge in [-0.1, -0.05) is 47.5 Å². The van der Waals surface area contributed by atoms with Gasteiger partial charge in [0.25, 0.3) is 10.1 Å². The number of hydrogen-bond acceptors (Lipinski definition) is 4. The van der Waals surface area contributed by atoms with Crippen LogP contribution in [0.4, 0.5) is 0 Å². The van der Waals surface area contributed by atoms with E-state index in [0.717, 1.165) is 49.4 Å². The van der Waals surface area contributed by atoms with Crippen molar-refractivity contribution in [2.24, 2.45) is 0 Å². The summed E-state index contributed by atoms with van der Waals surface area (Å²) >= 11 is 6.39. The molecule has 0 amide bonds. The standard InChI is InChI=1S/C22H26ClNO3S/c1-16-6-10-20(11-7-16)28(25,26)27-19-12-13-24-15-17(8-9-18(24)14-19)21-4-2-3-5-22(21)23/h2-7,10-11,17-19H,8-9,12-15H2,1H3/t17-,18+,19+/m1/s1. The lowest BCUT2D eigenvalue weighted by atomic mass is 9.83. The molecule has 2 aliphatic rings. The van der Waals surface area contributed by atoms with Gasteiger partial charge in [-0.3, -0.25) is 9.08 Å². The first-order valence-corrected chi connectivity index (χ1v) is 11.7. The fourth-order valence-corrected chi connectivity index (χ4v) is 5.86. The summed E-state index contributed by atoms with van der Waals surface area (Å²) in [6.45, 7) is 3.78. The zero-order valence-electron chi connectivity index (χ0n) is 16.1. The zero-order valence-corrected chi connectivity index (χ0v) is 17.6. The Hall–Kier alpha value is -1.40. The molecule has 28 heavy (non-hydrogen) atoms. The van der Waals surface area contributed by atoms with Crippen LogP contribution in [0, 0.1) is 6.92 Å². The summed E-state index contributed by atoms with van der Waals surface area (Å²) in [5.41, 5.74) is 2.26. The molecule has 2 aromatic carbocycles. The molecule has 2 aromatic rings. The number of benzene rings is 2. The maximum Gasteiger partial charge on any atom is 0.297 e. The third-order valence-corrected chi connectivity index (χ3v) is 7.73. The lowest BCUT2D eigenvalue weighted by molar-refractivity contribution is 0.0319. The normalized spacial score (nSPS) is 26.0. The molecule has 0 unspecified atom stereocenters. The number of nitrogens with zero attached hydrogens (tertiary/aromatic N) is 1. The monoisotopic (exact) mass is 419 g/mol. The minimum atomic E-state index is -3.71. The maximum absolute atomic E-state index is 12.6. The highest BCUT2D eigenvalue weighted by molar-refractivity contribution is 7.86. The van der Waals surface area contributed by atoms with Gasteiger partial charge in [0, 0.05) is 24.2 Å². The highest BCUT2D eigenvalue weighted by Crippen LogP contribution is 2.37. The molecule has 0 aromatic heterocycles. The molecule has 2 aliphatic heterocycles. The van der Waals surface area contributed by atoms with Crippen LogP contribution in [0.2, 0.25) is 5.02 Å². The predicted octanol–water partition coefficient (Wildman–Crippen LogP) is 4.76. The Bertz CT molecular complexity index is 929. The van der Waals surface area contributed by atoms with Gasteiger partial charge in [-0.15, -0.1) is 0 Å². The van der Waals surface area contributed by atoms with Crippen LogP contribution in [-0.2, 0) is 14.3 Å². The van der Waals surface area contributed by atoms with Gasteiger partial charge in [-0.05, 0) is 62.3 Å². The molecule has 0 bridgehead atoms. The van der Waals surface area contributed by atoms with Crippen LogP contribution in [0.1, 0.15) is 42.7 Å². The van der Waals surface area contributed by atoms with Crippen molar-refractivity contribution in [3.05, 3.63) is 64.7 Å². The van der Waals surface area contributed by atoms with Gasteiger partial charge in [0.2, 0.25) is 0 Å². The van der Waals surface area contributed by atoms with Gasteiger partial charge in [-0.25, -0.2) is 0 Å². The molecule has 4 rings (SSSR count). The first kappa shape index (κ1) is 19.9. The van der Waals surface area contributed by atoms with Gasteiger partial charge >= 0.3 is 0 Å². The van der Waals surface area contributed by atoms with Crippen molar-refractivity contribution in [3.63, 3.8) is 0 Å². The highest BCUT2D eigenvalue weighted by atomic mass is 35.5. The summed E-state index contributed by atoms with van der Waals surface area (Å²) in [5, 5.41) is 0.841. The summed E-state index contributed by atoms with van der Waals surface area (Å²) in [6.07, 6.45) is 3.37. The lowest BCUT2D eigenvalue weighted by Gasteiger charge is -2.44. The quantitative estimate of drug-likeness (QED) is 0.670. The number of fused-ring (bicyclic) bond motifs is 1. The second-order valence-corrected chi connectivity index (χ2v) is 9.93. The molecule has 2 heterocycles. The molecule has 2 fully saturated rings. The second kappa shape index (κ2) is 8.15. The molecule has 0 N–H and O–H groups in total. The van der Waals surface area contributed by atoms with Crippen molar-refractivity contribution < 1.29 is 12.6 Å². The maximum atomic E-state index is 12.6. The minimum Gasteiger partial charge on any atom is -0.300 e. The van der Waals surface area contributed by atoms with Gasteiger partial charge in [0.05, 0.1) is 11.0 Å². The van der Waals surface area contributed by atoms with Crippen LogP contribution >= 0.6 is 11.6 Å². The van der Waals surface area contributed by atoms with Crippen molar-refractivity contribution in [2.45, 2.75) is 55.6 Å². The molecule has 0 aliphatic carbocycles. The van der Waals surface area contributed by atoms with Gasteiger partial charge in [0.15, 0.2) is 0 Å². The molecule has 150 valence electrons. The number of piperidine rings is 2. The fourth-order valence-electron chi connectivity index (χ4n) is 4.46. The Morgan fingerprint density at radius 3 is 2.54 bits per heavy atom. The number of hydrogen-bond donors (Lipinski definition) is 0. The van der Waals surface area contributed by atoms with E-state index in [1.165, 1.54) is 5.56 Å². The van der Waals surface area contributed by atoms with E-state index in [2.05, 4.69) is 11.0 Å². The van der Waals surface area contributed by atoms with Crippen LogP contribution < -0.4 is 0 Å². The van der Waals surface area contributed by atoms with Gasteiger partial charge in [-0.2, -0.15) is 8.42 Å². The largest absolute Gasteiger partial charge is 0.300 e. The fraction of sp³-hybridized carbons (Fsp3) is 0.455. The number of aryl methyl sites for hydroxylation is 1. The Kier molecular flexibility index (Phi) is 5.79. The predicted molar refractivity (Wildman–Crippen MR) is 111 cm³/mol. The average molecular weight is 420 g/mol. The SMILES string of the molecule is Cc1ccc(S(=O)(=O)O[C@H]2CCN3C[C@H](c4ccccc4Cl)CC[C@H]3C2)cc1. The van der Waals surface area contributed by atoms with E-state index < -0.39 is 10.1 Å². The Balaban J connectivity index is 1.39. The summed E-state index contributed by atoms with van der Waals surface area (Å²) < 4.78 is 30.8. The van der Waals surface area contributed by atoms with Crippen molar-refractivity contribution >= 4 is 21.7 Å². The number of halogens is 1. The van der Waals surface area contributed by atoms with E-state index in [9.17, 15) is 8.42 Å². The summed E-state index contributed by atoms with van der Waals surface area (Å²) in [7, 11) is -3.71. The smallest absolute Gasteiger partial charge is 0.297 e. The van der Waals surface area contributed by atoms with E-state index in [0.29, 0.717) is 12.0 Å². The first-order valence-electron chi connectivity index (χ1n) is 9.91. The van der Waals surface area contributed by atoms with Gasteiger partial charge < -0.3 is 0 Å². The number of rotatable bonds is 4. The average Bonchev–Trinajstić information content (AvgIpc) is 2.68. The molecule has 4 nitrogen and oxygen atoms in total. The Labute approximate surface area is 172 Å². The molecule has 0 radical (unpaired) electrons. The van der Waals surface area contributed by atoms with Crippen molar-refractivity contribution in [3.8, 4) is 0 Å². The van der Waals surface area contributed by atoms with E-state index in [-0.39, 0.29) is 11.0 Å². The first-order chi connectivity index (χ1) is 13.4. The molecule has 2 saturated heterocycles. The zero-order chi connectivity index (χ0) is 19.7. The third-order valence-electron chi connectivity index (χ3n) is 6.01. The molecular weight excluding hydrogens is 394 g/mol. The van der Waals surface area contributed by atoms with E-state index >= 15 is 0 Å². The molecule has 0 spiro atoms. The van der Waals surface area contributed by atoms with E-state index in [4.69, 9.17) is 15.8 Å². The summed E-state index contributed by atoms with van der Waals surface area (Å²) in [4.78, 5) is 2.72. The summed E-state index contributed by atoms with van der Waals surface area (Å²) in [6, 6.07) is 15.3. The van der Waals surface area contributed by atoms with Gasteiger partial charge in [0.1, 0.15) is 0 Å². The van der Waals surface area contributed by atoms with Crippen LogP contribution in [-0.4, -0.2) is 38.6 Å². The summed E-state index contributed by atoms with van der Waals surface area (Å²) in [5.74, 6) is 0.443. The third kappa shape index (κ3) is 4.28. The van der Waals surface area contributed by atoms with Crippen LogP contribution in [0.5, 0.6) is 0 Å². The topological polar surface area (TPSA) is 46.6 Å². The van der Waals surface area contributed by atoms with Crippen LogP contribution in [0.3, 0.4) is 0 Å². The van der Waals surface area contributed by atoms with Crippen molar-refractivity contribution in [2.75, 3.05) is 13.1 Å². The molecule has 6 heteroatoms. The Morgan fingerprint density at radius 1 is 1.04 bits per heavy atom.